The average molecular weight is 477 g/mol. The van der Waals surface area contributed by atoms with Gasteiger partial charge in [-0.3, -0.25) is 4.79 Å². The van der Waals surface area contributed by atoms with E-state index in [1.807, 2.05) is 38.1 Å². The number of ether oxygens (including phenoxy) is 2. The molecule has 7 nitrogen and oxygen atoms in total. The minimum Gasteiger partial charge on any atom is -0.490 e. The van der Waals surface area contributed by atoms with E-state index in [2.05, 4.69) is 31.3 Å². The molecule has 176 valence electrons. The number of amides is 1. The maximum absolute atomic E-state index is 12.8. The Hall–Kier alpha value is -3.39. The monoisotopic (exact) mass is 476 g/mol. The van der Waals surface area contributed by atoms with Crippen LogP contribution in [0.2, 0.25) is 0 Å². The Balaban J connectivity index is 1.58. The van der Waals surface area contributed by atoms with E-state index in [1.54, 1.807) is 16.0 Å². The van der Waals surface area contributed by atoms with Crippen molar-refractivity contribution < 1.29 is 14.3 Å². The Bertz CT molecular complexity index is 1370. The SMILES string of the molecule is CCCOc1ccc([C@H]2CC(=O)Nc3c2c(C)nn3-c2nc3ccc(C)cc3s2)cc1OCC. The van der Waals surface area contributed by atoms with Crippen molar-refractivity contribution in [3.63, 3.8) is 0 Å². The van der Waals surface area contributed by atoms with Gasteiger partial charge in [0.05, 0.1) is 29.1 Å². The van der Waals surface area contributed by atoms with Crippen LogP contribution in [0.5, 0.6) is 11.5 Å². The molecule has 0 aliphatic carbocycles. The van der Waals surface area contributed by atoms with Crippen LogP contribution in [0.25, 0.3) is 15.3 Å². The molecule has 8 heteroatoms. The number of carbonyl (C=O) groups is 1. The molecule has 2 aromatic heterocycles. The standard InChI is InChI=1S/C26H28N4O3S/c1-5-11-33-20-10-8-17(13-21(20)32-6-2)18-14-23(31)28-25-24(18)16(4)29-30(25)26-27-19-9-7-15(3)12-22(19)34-26/h7-10,12-13,18H,5-6,11,14H2,1-4H3,(H,28,31)/t18-/m1/s1. The second-order valence-electron chi connectivity index (χ2n) is 8.52. The molecule has 2 aromatic carbocycles. The van der Waals surface area contributed by atoms with Gasteiger partial charge >= 0.3 is 0 Å². The molecule has 0 spiro atoms. The number of nitrogens with zero attached hydrogens (tertiary/aromatic N) is 3. The molecule has 0 unspecified atom stereocenters. The van der Waals surface area contributed by atoms with Crippen LogP contribution in [-0.4, -0.2) is 33.9 Å². The van der Waals surface area contributed by atoms with Crippen molar-refractivity contribution >= 4 is 33.3 Å². The Morgan fingerprint density at radius 1 is 1.12 bits per heavy atom. The topological polar surface area (TPSA) is 78.3 Å². The zero-order chi connectivity index (χ0) is 23.8. The Labute approximate surface area is 202 Å². The predicted molar refractivity (Wildman–Crippen MR) is 135 cm³/mol. The molecule has 1 aliphatic heterocycles. The van der Waals surface area contributed by atoms with Crippen molar-refractivity contribution in [2.24, 2.45) is 0 Å². The number of carbonyl (C=O) groups excluding carboxylic acids is 1. The Morgan fingerprint density at radius 3 is 2.76 bits per heavy atom. The van der Waals surface area contributed by atoms with Crippen LogP contribution in [0.3, 0.4) is 0 Å². The van der Waals surface area contributed by atoms with Gasteiger partial charge in [-0.2, -0.15) is 9.78 Å². The van der Waals surface area contributed by atoms with Crippen LogP contribution in [-0.2, 0) is 4.79 Å². The van der Waals surface area contributed by atoms with Gasteiger partial charge in [0.15, 0.2) is 11.5 Å². The lowest BCUT2D eigenvalue weighted by atomic mass is 9.85. The molecule has 1 atom stereocenters. The molecule has 0 bridgehead atoms. The number of aryl methyl sites for hydroxylation is 2. The molecule has 0 saturated heterocycles. The number of hydrogen-bond donors (Lipinski definition) is 1. The number of aromatic nitrogens is 3. The normalized spacial score (nSPS) is 15.3. The molecule has 1 aliphatic rings. The van der Waals surface area contributed by atoms with Crippen molar-refractivity contribution in [1.82, 2.24) is 14.8 Å². The van der Waals surface area contributed by atoms with Crippen molar-refractivity contribution in [3.05, 3.63) is 58.8 Å². The van der Waals surface area contributed by atoms with Crippen molar-refractivity contribution in [2.75, 3.05) is 18.5 Å². The van der Waals surface area contributed by atoms with E-state index >= 15 is 0 Å². The summed E-state index contributed by atoms with van der Waals surface area (Å²) in [5, 5.41) is 8.60. The van der Waals surface area contributed by atoms with Crippen LogP contribution in [0.1, 0.15) is 55.0 Å². The van der Waals surface area contributed by atoms with Crippen LogP contribution >= 0.6 is 11.3 Å². The lowest BCUT2D eigenvalue weighted by Gasteiger charge is -2.25. The van der Waals surface area contributed by atoms with Gasteiger partial charge in [0.2, 0.25) is 11.0 Å². The van der Waals surface area contributed by atoms with Gasteiger partial charge < -0.3 is 14.8 Å². The first-order valence-electron chi connectivity index (χ1n) is 11.6. The van der Waals surface area contributed by atoms with Crippen LogP contribution in [0.15, 0.2) is 36.4 Å². The highest BCUT2D eigenvalue weighted by molar-refractivity contribution is 7.20. The minimum absolute atomic E-state index is 0.0418. The smallest absolute Gasteiger partial charge is 0.226 e. The van der Waals surface area contributed by atoms with Crippen LogP contribution < -0.4 is 14.8 Å². The van der Waals surface area contributed by atoms with Gasteiger partial charge in [0, 0.05) is 17.9 Å². The second kappa shape index (κ2) is 9.10. The molecule has 5 rings (SSSR count). The molecule has 1 amide bonds. The third-order valence-corrected chi connectivity index (χ3v) is 6.94. The van der Waals surface area contributed by atoms with E-state index in [0.717, 1.165) is 44.3 Å². The lowest BCUT2D eigenvalue weighted by Crippen LogP contribution is -2.25. The predicted octanol–water partition coefficient (Wildman–Crippen LogP) is 5.76. The maximum Gasteiger partial charge on any atom is 0.226 e. The van der Waals surface area contributed by atoms with Crippen molar-refractivity contribution in [3.8, 4) is 16.6 Å². The van der Waals surface area contributed by atoms with Crippen molar-refractivity contribution in [1.29, 1.82) is 0 Å². The number of nitrogens with one attached hydrogen (secondary N) is 1. The summed E-state index contributed by atoms with van der Waals surface area (Å²) >= 11 is 1.57. The summed E-state index contributed by atoms with van der Waals surface area (Å²) in [6, 6.07) is 12.2. The van der Waals surface area contributed by atoms with E-state index in [4.69, 9.17) is 19.6 Å². The Morgan fingerprint density at radius 2 is 1.97 bits per heavy atom. The lowest BCUT2D eigenvalue weighted by molar-refractivity contribution is -0.116. The van der Waals surface area contributed by atoms with Crippen LogP contribution in [0, 0.1) is 13.8 Å². The quantitative estimate of drug-likeness (QED) is 0.367. The summed E-state index contributed by atoms with van der Waals surface area (Å²) in [6.45, 7) is 9.25. The molecule has 0 fully saturated rings. The fraction of sp³-hybridized carbons (Fsp3) is 0.346. The number of thiazole rings is 1. The van der Waals surface area contributed by atoms with E-state index in [-0.39, 0.29) is 11.8 Å². The highest BCUT2D eigenvalue weighted by atomic mass is 32.1. The highest BCUT2D eigenvalue weighted by Gasteiger charge is 2.33. The van der Waals surface area contributed by atoms with E-state index < -0.39 is 0 Å². The summed E-state index contributed by atoms with van der Waals surface area (Å²) in [7, 11) is 0. The Kier molecular flexibility index (Phi) is 6.00. The second-order valence-corrected chi connectivity index (χ2v) is 9.53. The summed E-state index contributed by atoms with van der Waals surface area (Å²) in [5.74, 6) is 1.95. The summed E-state index contributed by atoms with van der Waals surface area (Å²) in [5.41, 5.74) is 5.01. The minimum atomic E-state index is -0.131. The van der Waals surface area contributed by atoms with E-state index in [0.29, 0.717) is 31.2 Å². The summed E-state index contributed by atoms with van der Waals surface area (Å²) in [4.78, 5) is 17.6. The number of rotatable bonds is 7. The van der Waals surface area contributed by atoms with Gasteiger partial charge in [-0.15, -0.1) is 0 Å². The first-order chi connectivity index (χ1) is 16.5. The molecule has 34 heavy (non-hydrogen) atoms. The fourth-order valence-electron chi connectivity index (χ4n) is 4.42. The zero-order valence-corrected chi connectivity index (χ0v) is 20.7. The third-order valence-electron chi connectivity index (χ3n) is 5.95. The molecule has 0 radical (unpaired) electrons. The number of fused-ring (bicyclic) bond motifs is 2. The molecule has 0 saturated carbocycles. The summed E-state index contributed by atoms with van der Waals surface area (Å²) in [6.07, 6.45) is 1.27. The largest absolute Gasteiger partial charge is 0.490 e. The van der Waals surface area contributed by atoms with E-state index in [9.17, 15) is 4.79 Å². The first kappa shape index (κ1) is 22.4. The summed E-state index contributed by atoms with van der Waals surface area (Å²) < 4.78 is 14.6. The molecular formula is C26H28N4O3S. The van der Waals surface area contributed by atoms with Gasteiger partial charge in [-0.05, 0) is 62.6 Å². The fourth-order valence-corrected chi connectivity index (χ4v) is 5.44. The number of benzene rings is 2. The number of hydrogen-bond acceptors (Lipinski definition) is 6. The van der Waals surface area contributed by atoms with Crippen LogP contribution in [0.4, 0.5) is 5.82 Å². The van der Waals surface area contributed by atoms with E-state index in [1.165, 1.54) is 5.56 Å². The van der Waals surface area contributed by atoms with Gasteiger partial charge in [0.1, 0.15) is 5.82 Å². The molecule has 3 heterocycles. The van der Waals surface area contributed by atoms with Crippen molar-refractivity contribution in [2.45, 2.75) is 46.5 Å². The first-order valence-corrected chi connectivity index (χ1v) is 12.5. The third kappa shape index (κ3) is 4.03. The van der Waals surface area contributed by atoms with Gasteiger partial charge in [0.25, 0.3) is 0 Å². The molecule has 4 aromatic rings. The maximum atomic E-state index is 12.8. The average Bonchev–Trinajstić information content (AvgIpc) is 3.38. The van der Waals surface area contributed by atoms with Gasteiger partial charge in [-0.1, -0.05) is 30.4 Å². The van der Waals surface area contributed by atoms with Gasteiger partial charge in [-0.25, -0.2) is 4.98 Å². The number of anilines is 1. The highest BCUT2D eigenvalue weighted by Crippen LogP contribution is 2.43. The molecular weight excluding hydrogens is 448 g/mol. The molecule has 1 N–H and O–H groups in total. The zero-order valence-electron chi connectivity index (χ0n) is 19.8.